The number of pyridine rings is 1. The minimum Gasteiger partial charge on any atom is -0.388 e. The second kappa shape index (κ2) is 3.22. The standard InChI is InChI=1S/C13H18N2/c1-8-12(9-6-7-9)15-11-5-3-4-10(11)13(8)14-2/h9H,3-7H2,1-2H3,(H,14,15). The Kier molecular flexibility index (Phi) is 1.98. The summed E-state index contributed by atoms with van der Waals surface area (Å²) in [5, 5.41) is 3.38. The summed E-state index contributed by atoms with van der Waals surface area (Å²) in [6.45, 7) is 2.23. The summed E-state index contributed by atoms with van der Waals surface area (Å²) in [6, 6.07) is 0. The van der Waals surface area contributed by atoms with Crippen molar-refractivity contribution in [3.63, 3.8) is 0 Å². The molecule has 0 bridgehead atoms. The zero-order chi connectivity index (χ0) is 10.4. The third-order valence-corrected chi connectivity index (χ3v) is 3.72. The quantitative estimate of drug-likeness (QED) is 0.797. The van der Waals surface area contributed by atoms with Crippen LogP contribution >= 0.6 is 0 Å². The van der Waals surface area contributed by atoms with Crippen LogP contribution in [0.25, 0.3) is 0 Å². The van der Waals surface area contributed by atoms with Gasteiger partial charge in [0.2, 0.25) is 0 Å². The molecule has 0 unspecified atom stereocenters. The van der Waals surface area contributed by atoms with Gasteiger partial charge in [0.15, 0.2) is 0 Å². The van der Waals surface area contributed by atoms with Gasteiger partial charge in [-0.05, 0) is 50.2 Å². The normalized spacial score (nSPS) is 19.1. The lowest BCUT2D eigenvalue weighted by Crippen LogP contribution is -2.05. The van der Waals surface area contributed by atoms with Crippen molar-refractivity contribution in [2.24, 2.45) is 0 Å². The predicted molar refractivity (Wildman–Crippen MR) is 62.5 cm³/mol. The molecule has 2 aliphatic rings. The molecule has 2 heteroatoms. The Hall–Kier alpha value is -1.05. The van der Waals surface area contributed by atoms with Crippen LogP contribution in [0, 0.1) is 6.92 Å². The molecule has 1 saturated carbocycles. The van der Waals surface area contributed by atoms with Crippen LogP contribution in [0.4, 0.5) is 5.69 Å². The van der Waals surface area contributed by atoms with Crippen LogP contribution in [0.15, 0.2) is 0 Å². The van der Waals surface area contributed by atoms with Gasteiger partial charge in [-0.25, -0.2) is 0 Å². The van der Waals surface area contributed by atoms with E-state index in [4.69, 9.17) is 4.98 Å². The van der Waals surface area contributed by atoms with Crippen LogP contribution in [0.5, 0.6) is 0 Å². The van der Waals surface area contributed by atoms with Gasteiger partial charge in [0.25, 0.3) is 0 Å². The number of hydrogen-bond donors (Lipinski definition) is 1. The molecule has 0 aromatic carbocycles. The van der Waals surface area contributed by atoms with E-state index in [2.05, 4.69) is 12.2 Å². The summed E-state index contributed by atoms with van der Waals surface area (Å²) in [5.74, 6) is 0.767. The summed E-state index contributed by atoms with van der Waals surface area (Å²) in [4.78, 5) is 4.88. The first-order chi connectivity index (χ1) is 7.31. The molecule has 1 aromatic heterocycles. The molecule has 1 fully saturated rings. The highest BCUT2D eigenvalue weighted by atomic mass is 14.9. The lowest BCUT2D eigenvalue weighted by molar-refractivity contribution is 0.888. The van der Waals surface area contributed by atoms with Gasteiger partial charge in [0, 0.05) is 30.0 Å². The first-order valence-electron chi connectivity index (χ1n) is 6.01. The average Bonchev–Trinajstić information content (AvgIpc) is 2.97. The van der Waals surface area contributed by atoms with Crippen molar-refractivity contribution < 1.29 is 0 Å². The monoisotopic (exact) mass is 202 g/mol. The van der Waals surface area contributed by atoms with Gasteiger partial charge in [-0.15, -0.1) is 0 Å². The fourth-order valence-electron chi connectivity index (χ4n) is 2.80. The molecule has 80 valence electrons. The molecule has 1 N–H and O–H groups in total. The molecule has 3 rings (SSSR count). The highest BCUT2D eigenvalue weighted by Crippen LogP contribution is 2.44. The molecule has 0 spiro atoms. The van der Waals surface area contributed by atoms with Crippen LogP contribution in [-0.2, 0) is 12.8 Å². The number of aryl methyl sites for hydroxylation is 1. The number of aromatic nitrogens is 1. The third-order valence-electron chi connectivity index (χ3n) is 3.72. The Morgan fingerprint density at radius 3 is 2.73 bits per heavy atom. The minimum atomic E-state index is 0.767. The maximum absolute atomic E-state index is 4.88. The molecule has 0 radical (unpaired) electrons. The van der Waals surface area contributed by atoms with E-state index >= 15 is 0 Å². The molecule has 2 nitrogen and oxygen atoms in total. The fourth-order valence-corrected chi connectivity index (χ4v) is 2.80. The van der Waals surface area contributed by atoms with Crippen LogP contribution in [0.1, 0.15) is 47.7 Å². The van der Waals surface area contributed by atoms with Crippen LogP contribution in [-0.4, -0.2) is 12.0 Å². The highest BCUT2D eigenvalue weighted by molar-refractivity contribution is 5.62. The maximum Gasteiger partial charge on any atom is 0.0487 e. The molecule has 15 heavy (non-hydrogen) atoms. The first kappa shape index (κ1) is 9.20. The molecule has 1 heterocycles. The Labute approximate surface area is 91.1 Å². The van der Waals surface area contributed by atoms with Crippen LogP contribution < -0.4 is 5.32 Å². The largest absolute Gasteiger partial charge is 0.388 e. The number of anilines is 1. The van der Waals surface area contributed by atoms with Crippen molar-refractivity contribution >= 4 is 5.69 Å². The van der Waals surface area contributed by atoms with Gasteiger partial charge in [-0.2, -0.15) is 0 Å². The fraction of sp³-hybridized carbons (Fsp3) is 0.615. The van der Waals surface area contributed by atoms with Gasteiger partial charge in [0.1, 0.15) is 0 Å². The summed E-state index contributed by atoms with van der Waals surface area (Å²) in [6.07, 6.45) is 6.37. The molecule has 1 aromatic rings. The summed E-state index contributed by atoms with van der Waals surface area (Å²) in [7, 11) is 2.04. The molecule has 2 aliphatic carbocycles. The van der Waals surface area contributed by atoms with E-state index in [1.165, 1.54) is 60.3 Å². The first-order valence-corrected chi connectivity index (χ1v) is 6.01. The zero-order valence-corrected chi connectivity index (χ0v) is 9.56. The Bertz CT molecular complexity index is 405. The Morgan fingerprint density at radius 1 is 1.27 bits per heavy atom. The van der Waals surface area contributed by atoms with E-state index < -0.39 is 0 Å². The van der Waals surface area contributed by atoms with E-state index in [0.717, 1.165) is 5.92 Å². The Morgan fingerprint density at radius 2 is 2.07 bits per heavy atom. The SMILES string of the molecule is CNc1c(C)c(C2CC2)nc2c1CCC2. The minimum absolute atomic E-state index is 0.767. The summed E-state index contributed by atoms with van der Waals surface area (Å²) in [5.41, 5.74) is 7.01. The molecule has 0 atom stereocenters. The third kappa shape index (κ3) is 1.35. The Balaban J connectivity index is 2.17. The van der Waals surface area contributed by atoms with Crippen molar-refractivity contribution in [1.82, 2.24) is 4.98 Å². The van der Waals surface area contributed by atoms with E-state index in [9.17, 15) is 0 Å². The topological polar surface area (TPSA) is 24.9 Å². The molecule has 0 saturated heterocycles. The van der Waals surface area contributed by atoms with Crippen LogP contribution in [0.3, 0.4) is 0 Å². The second-order valence-electron chi connectivity index (χ2n) is 4.80. The second-order valence-corrected chi connectivity index (χ2v) is 4.80. The van der Waals surface area contributed by atoms with Gasteiger partial charge in [-0.1, -0.05) is 0 Å². The smallest absolute Gasteiger partial charge is 0.0487 e. The van der Waals surface area contributed by atoms with Gasteiger partial charge < -0.3 is 5.32 Å². The lowest BCUT2D eigenvalue weighted by Gasteiger charge is -2.15. The van der Waals surface area contributed by atoms with Crippen molar-refractivity contribution in [2.75, 3.05) is 12.4 Å². The van der Waals surface area contributed by atoms with Gasteiger partial charge in [-0.3, -0.25) is 4.98 Å². The molecular formula is C13H18N2. The van der Waals surface area contributed by atoms with E-state index in [-0.39, 0.29) is 0 Å². The number of hydrogen-bond acceptors (Lipinski definition) is 2. The van der Waals surface area contributed by atoms with Gasteiger partial charge >= 0.3 is 0 Å². The van der Waals surface area contributed by atoms with Crippen molar-refractivity contribution in [3.8, 4) is 0 Å². The van der Waals surface area contributed by atoms with Crippen molar-refractivity contribution in [2.45, 2.75) is 44.9 Å². The molecule has 0 amide bonds. The molecule has 0 aliphatic heterocycles. The summed E-state index contributed by atoms with van der Waals surface area (Å²) >= 11 is 0. The zero-order valence-electron chi connectivity index (χ0n) is 9.56. The maximum atomic E-state index is 4.88. The van der Waals surface area contributed by atoms with Crippen molar-refractivity contribution in [3.05, 3.63) is 22.5 Å². The van der Waals surface area contributed by atoms with Crippen molar-refractivity contribution in [1.29, 1.82) is 0 Å². The number of nitrogens with one attached hydrogen (secondary N) is 1. The number of fused-ring (bicyclic) bond motifs is 1. The van der Waals surface area contributed by atoms with E-state index in [1.807, 2.05) is 7.05 Å². The van der Waals surface area contributed by atoms with E-state index in [0.29, 0.717) is 0 Å². The summed E-state index contributed by atoms with van der Waals surface area (Å²) < 4.78 is 0. The van der Waals surface area contributed by atoms with Crippen LogP contribution in [0.2, 0.25) is 0 Å². The number of rotatable bonds is 2. The van der Waals surface area contributed by atoms with Gasteiger partial charge in [0.05, 0.1) is 0 Å². The lowest BCUT2D eigenvalue weighted by atomic mass is 10.0. The predicted octanol–water partition coefficient (Wildman–Crippen LogP) is 2.80. The highest BCUT2D eigenvalue weighted by Gasteiger charge is 2.30. The average molecular weight is 202 g/mol. The van der Waals surface area contributed by atoms with E-state index in [1.54, 1.807) is 0 Å². The number of nitrogens with zero attached hydrogens (tertiary/aromatic N) is 1. The molecular weight excluding hydrogens is 184 g/mol.